The van der Waals surface area contributed by atoms with Crippen molar-refractivity contribution >= 4 is 34.3 Å². The zero-order valence-electron chi connectivity index (χ0n) is 16.1. The maximum atomic E-state index is 13.0. The van der Waals surface area contributed by atoms with Gasteiger partial charge in [-0.3, -0.25) is 9.36 Å². The Balaban J connectivity index is 1.80. The number of methoxy groups -OCH3 is 1. The van der Waals surface area contributed by atoms with E-state index >= 15 is 0 Å². The van der Waals surface area contributed by atoms with E-state index in [2.05, 4.69) is 11.9 Å². The highest BCUT2D eigenvalue weighted by atomic mass is 35.5. The van der Waals surface area contributed by atoms with Gasteiger partial charge in [-0.1, -0.05) is 29.8 Å². The number of aromatic nitrogens is 2. The fraction of sp³-hybridized carbons (Fsp3) is 0.600. The maximum absolute atomic E-state index is 13.0. The first-order chi connectivity index (χ1) is 13.1. The van der Waals surface area contributed by atoms with Crippen molar-refractivity contribution in [2.45, 2.75) is 49.8 Å². The van der Waals surface area contributed by atoms with E-state index in [-0.39, 0.29) is 5.56 Å². The quantitative estimate of drug-likeness (QED) is 0.374. The molecule has 7 heteroatoms. The molecular weight excluding hydrogens is 382 g/mol. The van der Waals surface area contributed by atoms with Crippen LogP contribution in [0, 0.1) is 0 Å². The van der Waals surface area contributed by atoms with E-state index in [1.54, 1.807) is 41.6 Å². The van der Waals surface area contributed by atoms with Gasteiger partial charge in [-0.25, -0.2) is 4.98 Å². The summed E-state index contributed by atoms with van der Waals surface area (Å²) in [4.78, 5) is 20.2. The van der Waals surface area contributed by atoms with Gasteiger partial charge in [0.25, 0.3) is 5.56 Å². The molecule has 0 spiro atoms. The Hall–Kier alpha value is -1.08. The standard InChI is InChI=1S/C20H28ClN3O2S/c1-23-10-4-3-6-16(23)9-13-27-20-22-18-14-15(21)7-8-17(18)19(25)24(20)11-5-12-26-2/h7-8,14,16H,3-6,9-13H2,1-2H3. The van der Waals surface area contributed by atoms with E-state index < -0.39 is 0 Å². The van der Waals surface area contributed by atoms with Crippen molar-refractivity contribution in [3.8, 4) is 0 Å². The monoisotopic (exact) mass is 409 g/mol. The van der Waals surface area contributed by atoms with E-state index in [1.165, 1.54) is 25.8 Å². The van der Waals surface area contributed by atoms with Gasteiger partial charge >= 0.3 is 0 Å². The molecule has 0 bridgehead atoms. The lowest BCUT2D eigenvalue weighted by atomic mass is 10.0. The van der Waals surface area contributed by atoms with E-state index in [4.69, 9.17) is 21.3 Å². The molecule has 1 aliphatic rings. The van der Waals surface area contributed by atoms with Gasteiger partial charge in [0.05, 0.1) is 10.9 Å². The van der Waals surface area contributed by atoms with E-state index in [0.29, 0.717) is 35.1 Å². The number of likely N-dealkylation sites (tertiary alicyclic amines) is 1. The topological polar surface area (TPSA) is 47.4 Å². The molecule has 1 aliphatic heterocycles. The Morgan fingerprint density at radius 3 is 3.00 bits per heavy atom. The fourth-order valence-corrected chi connectivity index (χ4v) is 4.88. The third-order valence-corrected chi connectivity index (χ3v) is 6.46. The lowest BCUT2D eigenvalue weighted by molar-refractivity contribution is 0.182. The van der Waals surface area contributed by atoms with Gasteiger partial charge in [0.2, 0.25) is 0 Å². The summed E-state index contributed by atoms with van der Waals surface area (Å²) in [6, 6.07) is 5.93. The molecule has 1 saturated heterocycles. The molecule has 0 amide bonds. The van der Waals surface area contributed by atoms with Crippen LogP contribution in [-0.4, -0.2) is 53.6 Å². The summed E-state index contributed by atoms with van der Waals surface area (Å²) in [5.74, 6) is 0.956. The molecule has 1 unspecified atom stereocenters. The predicted octanol–water partition coefficient (Wildman–Crippen LogP) is 4.05. The Morgan fingerprint density at radius 2 is 2.22 bits per heavy atom. The molecule has 1 fully saturated rings. The summed E-state index contributed by atoms with van der Waals surface area (Å²) in [5.41, 5.74) is 0.679. The predicted molar refractivity (Wildman–Crippen MR) is 113 cm³/mol. The van der Waals surface area contributed by atoms with Crippen molar-refractivity contribution < 1.29 is 4.74 Å². The summed E-state index contributed by atoms with van der Waals surface area (Å²) >= 11 is 7.79. The smallest absolute Gasteiger partial charge is 0.262 e. The molecule has 0 radical (unpaired) electrons. The van der Waals surface area contributed by atoms with Crippen molar-refractivity contribution in [1.82, 2.24) is 14.5 Å². The molecule has 2 heterocycles. The molecule has 1 aromatic heterocycles. The number of piperidine rings is 1. The van der Waals surface area contributed by atoms with Gasteiger partial charge in [-0.15, -0.1) is 0 Å². The minimum absolute atomic E-state index is 0.00468. The van der Waals surface area contributed by atoms with Gasteiger partial charge in [-0.2, -0.15) is 0 Å². The molecule has 3 rings (SSSR count). The second-order valence-electron chi connectivity index (χ2n) is 7.13. The van der Waals surface area contributed by atoms with Crippen LogP contribution in [0.3, 0.4) is 0 Å². The number of ether oxygens (including phenoxy) is 1. The first-order valence-corrected chi connectivity index (χ1v) is 11.0. The van der Waals surface area contributed by atoms with Gasteiger partial charge < -0.3 is 9.64 Å². The molecule has 148 valence electrons. The van der Waals surface area contributed by atoms with Gasteiger partial charge in [-0.05, 0) is 57.5 Å². The van der Waals surface area contributed by atoms with Crippen molar-refractivity contribution in [3.63, 3.8) is 0 Å². The van der Waals surface area contributed by atoms with Crippen molar-refractivity contribution in [3.05, 3.63) is 33.6 Å². The Labute approximate surface area is 170 Å². The second kappa shape index (κ2) is 9.92. The van der Waals surface area contributed by atoms with Crippen LogP contribution < -0.4 is 5.56 Å². The molecule has 1 atom stereocenters. The largest absolute Gasteiger partial charge is 0.385 e. The van der Waals surface area contributed by atoms with Crippen molar-refractivity contribution in [2.75, 3.05) is 33.1 Å². The van der Waals surface area contributed by atoms with Crippen LogP contribution in [-0.2, 0) is 11.3 Å². The Bertz CT molecular complexity index is 827. The van der Waals surface area contributed by atoms with E-state index in [1.807, 2.05) is 0 Å². The number of halogens is 1. The lowest BCUT2D eigenvalue weighted by Gasteiger charge is -2.32. The minimum Gasteiger partial charge on any atom is -0.385 e. The molecule has 0 saturated carbocycles. The molecular formula is C20H28ClN3O2S. The van der Waals surface area contributed by atoms with Crippen molar-refractivity contribution in [1.29, 1.82) is 0 Å². The Morgan fingerprint density at radius 1 is 1.37 bits per heavy atom. The maximum Gasteiger partial charge on any atom is 0.262 e. The summed E-state index contributed by atoms with van der Waals surface area (Å²) < 4.78 is 6.95. The first kappa shape index (κ1) is 20.6. The van der Waals surface area contributed by atoms with Crippen LogP contribution >= 0.6 is 23.4 Å². The molecule has 0 aliphatic carbocycles. The number of hydrogen-bond donors (Lipinski definition) is 0. The average molecular weight is 410 g/mol. The summed E-state index contributed by atoms with van der Waals surface area (Å²) in [5, 5.41) is 2.00. The first-order valence-electron chi connectivity index (χ1n) is 9.62. The van der Waals surface area contributed by atoms with Crippen LogP contribution in [0.2, 0.25) is 5.02 Å². The number of fused-ring (bicyclic) bond motifs is 1. The number of nitrogens with zero attached hydrogens (tertiary/aromatic N) is 3. The fourth-order valence-electron chi connectivity index (χ4n) is 3.64. The lowest BCUT2D eigenvalue weighted by Crippen LogP contribution is -2.36. The number of rotatable bonds is 8. The zero-order valence-corrected chi connectivity index (χ0v) is 17.7. The summed E-state index contributed by atoms with van der Waals surface area (Å²) in [6.45, 7) is 2.43. The van der Waals surface area contributed by atoms with Gasteiger partial charge in [0.1, 0.15) is 0 Å². The number of thioether (sulfide) groups is 1. The SMILES string of the molecule is COCCCn1c(SCCC2CCCCN2C)nc2cc(Cl)ccc2c1=O. The minimum atomic E-state index is 0.00468. The summed E-state index contributed by atoms with van der Waals surface area (Å²) in [6.07, 6.45) is 5.78. The number of hydrogen-bond acceptors (Lipinski definition) is 5. The van der Waals surface area contributed by atoms with Crippen LogP contribution in [0.5, 0.6) is 0 Å². The number of benzene rings is 1. The van der Waals surface area contributed by atoms with E-state index in [9.17, 15) is 4.79 Å². The Kier molecular flexibility index (Phi) is 7.58. The highest BCUT2D eigenvalue weighted by molar-refractivity contribution is 7.99. The molecule has 2 aromatic rings. The zero-order chi connectivity index (χ0) is 19.2. The highest BCUT2D eigenvalue weighted by Gasteiger charge is 2.19. The molecule has 27 heavy (non-hydrogen) atoms. The highest BCUT2D eigenvalue weighted by Crippen LogP contribution is 2.24. The van der Waals surface area contributed by atoms with Crippen LogP contribution in [0.15, 0.2) is 28.2 Å². The normalized spacial score (nSPS) is 18.3. The third kappa shape index (κ3) is 5.25. The van der Waals surface area contributed by atoms with Crippen LogP contribution in [0.25, 0.3) is 10.9 Å². The second-order valence-corrected chi connectivity index (χ2v) is 8.62. The van der Waals surface area contributed by atoms with Crippen molar-refractivity contribution in [2.24, 2.45) is 0 Å². The van der Waals surface area contributed by atoms with Crippen LogP contribution in [0.1, 0.15) is 32.1 Å². The van der Waals surface area contributed by atoms with E-state index in [0.717, 1.165) is 23.8 Å². The molecule has 5 nitrogen and oxygen atoms in total. The van der Waals surface area contributed by atoms with Crippen LogP contribution in [0.4, 0.5) is 0 Å². The molecule has 0 N–H and O–H groups in total. The third-order valence-electron chi connectivity index (χ3n) is 5.22. The van der Waals surface area contributed by atoms with Gasteiger partial charge in [0, 0.05) is 37.1 Å². The van der Waals surface area contributed by atoms with Gasteiger partial charge in [0.15, 0.2) is 5.16 Å². The average Bonchev–Trinajstić information content (AvgIpc) is 2.65. The summed E-state index contributed by atoms with van der Waals surface area (Å²) in [7, 11) is 3.89. The molecule has 1 aromatic carbocycles.